The Bertz CT molecular complexity index is 345. The summed E-state index contributed by atoms with van der Waals surface area (Å²) in [5, 5.41) is 15.6. The van der Waals surface area contributed by atoms with E-state index >= 15 is 0 Å². The summed E-state index contributed by atoms with van der Waals surface area (Å²) in [6, 6.07) is 0.0292. The first-order valence-corrected chi connectivity index (χ1v) is 8.65. The van der Waals surface area contributed by atoms with Crippen LogP contribution in [0.2, 0.25) is 0 Å². The van der Waals surface area contributed by atoms with Crippen molar-refractivity contribution in [1.29, 1.82) is 0 Å². The van der Waals surface area contributed by atoms with Crippen LogP contribution in [0.1, 0.15) is 38.5 Å². The maximum atomic E-state index is 12.1. The largest absolute Gasteiger partial charge is 0.481 e. The molecule has 0 radical (unpaired) electrons. The highest BCUT2D eigenvalue weighted by Crippen LogP contribution is 2.24. The molecule has 0 bridgehead atoms. The lowest BCUT2D eigenvalue weighted by molar-refractivity contribution is -0.143. The first-order chi connectivity index (χ1) is 9.66. The molecule has 2 aliphatic rings. The molecule has 0 aromatic carbocycles. The highest BCUT2D eigenvalue weighted by Gasteiger charge is 2.31. The number of nitrogens with one attached hydrogen (secondary N) is 2. The van der Waals surface area contributed by atoms with Gasteiger partial charge in [0.1, 0.15) is 0 Å². The molecule has 3 atom stereocenters. The van der Waals surface area contributed by atoms with Crippen molar-refractivity contribution >= 4 is 23.6 Å². The number of rotatable bonds is 4. The smallest absolute Gasteiger partial charge is 0.308 e. The van der Waals surface area contributed by atoms with Crippen LogP contribution in [0.15, 0.2) is 0 Å². The number of hydrogen-bond acceptors (Lipinski definition) is 4. The summed E-state index contributed by atoms with van der Waals surface area (Å²) in [6.45, 7) is 0.948. The lowest BCUT2D eigenvalue weighted by atomic mass is 9.94. The molecule has 114 valence electrons. The van der Waals surface area contributed by atoms with Crippen molar-refractivity contribution in [1.82, 2.24) is 10.6 Å². The first-order valence-electron chi connectivity index (χ1n) is 7.50. The van der Waals surface area contributed by atoms with Crippen LogP contribution in [-0.4, -0.2) is 47.1 Å². The zero-order valence-corrected chi connectivity index (χ0v) is 12.6. The number of carboxylic acid groups (broad SMARTS) is 1. The average Bonchev–Trinajstić information content (AvgIpc) is 2.65. The van der Waals surface area contributed by atoms with Gasteiger partial charge < -0.3 is 15.7 Å². The Morgan fingerprint density at radius 3 is 2.75 bits per heavy atom. The molecule has 20 heavy (non-hydrogen) atoms. The van der Waals surface area contributed by atoms with Crippen LogP contribution in [0, 0.1) is 5.92 Å². The number of carbonyl (C=O) groups excluding carboxylic acids is 1. The first kappa shape index (κ1) is 15.6. The number of aliphatic carboxylic acids is 1. The van der Waals surface area contributed by atoms with Crippen LogP contribution >= 0.6 is 11.8 Å². The van der Waals surface area contributed by atoms with Gasteiger partial charge in [-0.1, -0.05) is 19.3 Å². The molecule has 5 nitrogen and oxygen atoms in total. The van der Waals surface area contributed by atoms with E-state index in [1.54, 1.807) is 0 Å². The molecule has 2 fully saturated rings. The highest BCUT2D eigenvalue weighted by molar-refractivity contribution is 7.99. The van der Waals surface area contributed by atoms with E-state index in [1.165, 1.54) is 0 Å². The Kier molecular flexibility index (Phi) is 6.16. The van der Waals surface area contributed by atoms with Gasteiger partial charge in [-0.25, -0.2) is 0 Å². The maximum absolute atomic E-state index is 12.1. The van der Waals surface area contributed by atoms with Crippen LogP contribution in [0.25, 0.3) is 0 Å². The minimum Gasteiger partial charge on any atom is -0.481 e. The molecule has 1 aliphatic heterocycles. The van der Waals surface area contributed by atoms with Gasteiger partial charge in [0, 0.05) is 36.6 Å². The maximum Gasteiger partial charge on any atom is 0.308 e. The van der Waals surface area contributed by atoms with E-state index in [9.17, 15) is 14.7 Å². The fourth-order valence-corrected chi connectivity index (χ4v) is 3.97. The van der Waals surface area contributed by atoms with Gasteiger partial charge in [-0.15, -0.1) is 0 Å². The van der Waals surface area contributed by atoms with Gasteiger partial charge in [-0.3, -0.25) is 9.59 Å². The van der Waals surface area contributed by atoms with Crippen molar-refractivity contribution < 1.29 is 14.7 Å². The number of carboxylic acids is 1. The molecule has 3 N–H and O–H groups in total. The molecule has 0 spiro atoms. The Labute approximate surface area is 124 Å². The van der Waals surface area contributed by atoms with E-state index in [1.807, 2.05) is 11.8 Å². The van der Waals surface area contributed by atoms with E-state index in [-0.39, 0.29) is 18.0 Å². The topological polar surface area (TPSA) is 78.4 Å². The molecule has 1 aliphatic carbocycles. The molecule has 3 unspecified atom stereocenters. The van der Waals surface area contributed by atoms with Crippen molar-refractivity contribution in [2.24, 2.45) is 5.92 Å². The predicted octanol–water partition coefficient (Wildman–Crippen LogP) is 1.23. The predicted molar refractivity (Wildman–Crippen MR) is 79.9 cm³/mol. The standard InChI is InChI=1S/C14H24N2O3S/c17-13(8-10-9-20-7-6-15-10)16-12-5-3-1-2-4-11(12)14(18)19/h10-12,15H,1-9H2,(H,16,17)(H,18,19). The summed E-state index contributed by atoms with van der Waals surface area (Å²) in [7, 11) is 0. The van der Waals surface area contributed by atoms with E-state index in [2.05, 4.69) is 10.6 Å². The minimum atomic E-state index is -0.774. The summed E-state index contributed by atoms with van der Waals surface area (Å²) in [6.07, 6.45) is 4.94. The van der Waals surface area contributed by atoms with Gasteiger partial charge in [0.05, 0.1) is 5.92 Å². The van der Waals surface area contributed by atoms with Gasteiger partial charge in [-0.05, 0) is 12.8 Å². The van der Waals surface area contributed by atoms with Crippen molar-refractivity contribution in [2.75, 3.05) is 18.1 Å². The van der Waals surface area contributed by atoms with Gasteiger partial charge in [0.2, 0.25) is 5.91 Å². The number of carbonyl (C=O) groups is 2. The lowest BCUT2D eigenvalue weighted by Gasteiger charge is -2.26. The SMILES string of the molecule is O=C(CC1CSCCN1)NC1CCCCCC1C(=O)O. The van der Waals surface area contributed by atoms with E-state index in [4.69, 9.17) is 0 Å². The molecule has 6 heteroatoms. The number of hydrogen-bond donors (Lipinski definition) is 3. The molecule has 1 heterocycles. The van der Waals surface area contributed by atoms with Crippen LogP contribution in [0.4, 0.5) is 0 Å². The van der Waals surface area contributed by atoms with Crippen LogP contribution in [0.5, 0.6) is 0 Å². The second-order valence-corrected chi connectivity index (χ2v) is 6.84. The van der Waals surface area contributed by atoms with E-state index < -0.39 is 11.9 Å². The van der Waals surface area contributed by atoms with E-state index in [0.29, 0.717) is 12.8 Å². The van der Waals surface area contributed by atoms with Gasteiger partial charge in [0.15, 0.2) is 0 Å². The van der Waals surface area contributed by atoms with Crippen molar-refractivity contribution in [3.8, 4) is 0 Å². The van der Waals surface area contributed by atoms with E-state index in [0.717, 1.165) is 43.7 Å². The van der Waals surface area contributed by atoms with Crippen molar-refractivity contribution in [3.05, 3.63) is 0 Å². The van der Waals surface area contributed by atoms with Crippen LogP contribution in [0.3, 0.4) is 0 Å². The number of amides is 1. The van der Waals surface area contributed by atoms with Crippen LogP contribution < -0.4 is 10.6 Å². The summed E-state index contributed by atoms with van der Waals surface area (Å²) in [5.74, 6) is 0.851. The molecule has 1 saturated carbocycles. The molecule has 1 saturated heterocycles. The molecule has 2 rings (SSSR count). The van der Waals surface area contributed by atoms with Gasteiger partial charge in [0.25, 0.3) is 0 Å². The Hall–Kier alpha value is -0.750. The highest BCUT2D eigenvalue weighted by atomic mass is 32.2. The zero-order valence-electron chi connectivity index (χ0n) is 11.8. The van der Waals surface area contributed by atoms with Crippen molar-refractivity contribution in [3.63, 3.8) is 0 Å². The third kappa shape index (κ3) is 4.66. The minimum absolute atomic E-state index is 0.0110. The normalized spacial score (nSPS) is 31.3. The average molecular weight is 300 g/mol. The van der Waals surface area contributed by atoms with Gasteiger partial charge >= 0.3 is 5.97 Å². The fraction of sp³-hybridized carbons (Fsp3) is 0.857. The second kappa shape index (κ2) is 7.88. The molecular formula is C14H24N2O3S. The second-order valence-electron chi connectivity index (χ2n) is 5.69. The molecular weight excluding hydrogens is 276 g/mol. The quantitative estimate of drug-likeness (QED) is 0.681. The van der Waals surface area contributed by atoms with Gasteiger partial charge in [-0.2, -0.15) is 11.8 Å². The summed E-state index contributed by atoms with van der Waals surface area (Å²) < 4.78 is 0. The Balaban J connectivity index is 1.85. The third-order valence-electron chi connectivity index (χ3n) is 4.11. The van der Waals surface area contributed by atoms with Crippen LogP contribution in [-0.2, 0) is 9.59 Å². The zero-order chi connectivity index (χ0) is 14.4. The fourth-order valence-electron chi connectivity index (χ4n) is 3.02. The monoisotopic (exact) mass is 300 g/mol. The number of thioether (sulfide) groups is 1. The Morgan fingerprint density at radius 2 is 2.05 bits per heavy atom. The van der Waals surface area contributed by atoms with Crippen molar-refractivity contribution in [2.45, 2.75) is 50.6 Å². The summed E-state index contributed by atoms with van der Waals surface area (Å²) in [5.41, 5.74) is 0. The third-order valence-corrected chi connectivity index (χ3v) is 5.24. The molecule has 0 aromatic rings. The molecule has 0 aromatic heterocycles. The summed E-state index contributed by atoms with van der Waals surface area (Å²) >= 11 is 1.86. The summed E-state index contributed by atoms with van der Waals surface area (Å²) in [4.78, 5) is 23.4. The lowest BCUT2D eigenvalue weighted by Crippen LogP contribution is -2.46. The Morgan fingerprint density at radius 1 is 1.25 bits per heavy atom. The molecule has 1 amide bonds.